The zero-order chi connectivity index (χ0) is 18.6. The van der Waals surface area contributed by atoms with Crippen molar-refractivity contribution < 1.29 is 14.6 Å². The first-order valence-corrected chi connectivity index (χ1v) is 9.51. The first kappa shape index (κ1) is 19.9. The molecule has 1 aromatic heterocycles. The van der Waals surface area contributed by atoms with Gasteiger partial charge < -0.3 is 9.84 Å². The third-order valence-corrected chi connectivity index (χ3v) is 5.42. The van der Waals surface area contributed by atoms with Crippen molar-refractivity contribution in [1.29, 1.82) is 0 Å². The highest BCUT2D eigenvalue weighted by Crippen LogP contribution is 2.38. The summed E-state index contributed by atoms with van der Waals surface area (Å²) in [6, 6.07) is 19.5. The van der Waals surface area contributed by atoms with Gasteiger partial charge in [0.1, 0.15) is 12.4 Å². The molecule has 1 saturated carbocycles. The molecule has 0 radical (unpaired) electrons. The van der Waals surface area contributed by atoms with Gasteiger partial charge >= 0.3 is 5.97 Å². The van der Waals surface area contributed by atoms with E-state index in [0.29, 0.717) is 6.61 Å². The van der Waals surface area contributed by atoms with Gasteiger partial charge in [-0.25, -0.2) is 4.98 Å². The van der Waals surface area contributed by atoms with Crippen LogP contribution in [-0.2, 0) is 11.4 Å². The van der Waals surface area contributed by atoms with E-state index < -0.39 is 11.9 Å². The second kappa shape index (κ2) is 8.87. The fraction of sp³-hybridized carbons (Fsp3) is 0.333. The van der Waals surface area contributed by atoms with Gasteiger partial charge in [-0.1, -0.05) is 56.7 Å². The number of fused-ring (bicyclic) bond motifs is 1. The maximum atomic E-state index is 11.8. The number of pyridine rings is 1. The molecule has 146 valence electrons. The maximum absolute atomic E-state index is 11.8. The molecule has 1 N–H and O–H groups in total. The summed E-state index contributed by atoms with van der Waals surface area (Å²) in [6.07, 6.45) is 4.27. The summed E-state index contributed by atoms with van der Waals surface area (Å²) >= 11 is 0. The number of rotatable bonds is 6. The fourth-order valence-corrected chi connectivity index (χ4v) is 4.02. The Kier molecular flexibility index (Phi) is 6.30. The van der Waals surface area contributed by atoms with Gasteiger partial charge in [0.15, 0.2) is 0 Å². The number of hydrogen-bond acceptors (Lipinski definition) is 3. The van der Waals surface area contributed by atoms with Gasteiger partial charge in [0.25, 0.3) is 0 Å². The second-order valence-electron chi connectivity index (χ2n) is 7.21. The lowest BCUT2D eigenvalue weighted by Gasteiger charge is -2.19. The van der Waals surface area contributed by atoms with Crippen molar-refractivity contribution in [2.45, 2.75) is 45.6 Å². The van der Waals surface area contributed by atoms with Crippen LogP contribution in [0.1, 0.15) is 50.3 Å². The first-order chi connectivity index (χ1) is 13.2. The van der Waals surface area contributed by atoms with E-state index in [0.717, 1.165) is 53.6 Å². The van der Waals surface area contributed by atoms with Crippen LogP contribution in [0.5, 0.6) is 5.75 Å². The quantitative estimate of drug-likeness (QED) is 0.589. The van der Waals surface area contributed by atoms with Crippen LogP contribution in [-0.4, -0.2) is 16.1 Å². The third kappa shape index (κ3) is 4.33. The summed E-state index contributed by atoms with van der Waals surface area (Å²) in [5.41, 5.74) is 2.69. The second-order valence-corrected chi connectivity index (χ2v) is 7.21. The summed E-state index contributed by atoms with van der Waals surface area (Å²) < 4.78 is 5.85. The molecule has 2 aromatic carbocycles. The highest BCUT2D eigenvalue weighted by molar-refractivity contribution is 5.78. The summed E-state index contributed by atoms with van der Waals surface area (Å²) in [4.78, 5) is 16.4. The Hall–Kier alpha value is -2.88. The Balaban J connectivity index is 0.00000225. The lowest BCUT2D eigenvalue weighted by molar-refractivity contribution is -0.140. The number of aromatic nitrogens is 1. The summed E-state index contributed by atoms with van der Waals surface area (Å²) in [5.74, 6) is -0.167. The van der Waals surface area contributed by atoms with Crippen molar-refractivity contribution in [2.75, 3.05) is 0 Å². The molecule has 1 aliphatic rings. The summed E-state index contributed by atoms with van der Waals surface area (Å²) in [7, 11) is 0. The number of nitrogens with zero attached hydrogens (tertiary/aromatic N) is 1. The van der Waals surface area contributed by atoms with E-state index in [1.807, 2.05) is 60.7 Å². The third-order valence-electron chi connectivity index (χ3n) is 5.42. The van der Waals surface area contributed by atoms with Crippen LogP contribution in [0.2, 0.25) is 0 Å². The SMILES string of the molecule is C.O=C(O)C(c1ccc(OCc2ccc3ccccc3n2)cc1)C1CCCC1. The fourth-order valence-electron chi connectivity index (χ4n) is 4.02. The van der Waals surface area contributed by atoms with Crippen molar-refractivity contribution in [3.05, 3.63) is 71.9 Å². The Morgan fingerprint density at radius 2 is 1.75 bits per heavy atom. The molecule has 0 aliphatic heterocycles. The van der Waals surface area contributed by atoms with Crippen LogP contribution in [0, 0.1) is 5.92 Å². The molecule has 3 aromatic rings. The van der Waals surface area contributed by atoms with Crippen molar-refractivity contribution in [1.82, 2.24) is 4.98 Å². The molecule has 4 rings (SSSR count). The molecule has 0 saturated heterocycles. The highest BCUT2D eigenvalue weighted by Gasteiger charge is 2.31. The predicted octanol–water partition coefficient (Wildman–Crippen LogP) is 5.81. The lowest BCUT2D eigenvalue weighted by atomic mass is 9.85. The molecule has 28 heavy (non-hydrogen) atoms. The summed E-state index contributed by atoms with van der Waals surface area (Å²) in [5, 5.41) is 10.8. The number of benzene rings is 2. The molecule has 4 heteroatoms. The first-order valence-electron chi connectivity index (χ1n) is 9.51. The monoisotopic (exact) mass is 377 g/mol. The highest BCUT2D eigenvalue weighted by atomic mass is 16.5. The smallest absolute Gasteiger partial charge is 0.311 e. The number of carboxylic acid groups (broad SMARTS) is 1. The molecular weight excluding hydrogens is 350 g/mol. The van der Waals surface area contributed by atoms with Gasteiger partial charge in [0.2, 0.25) is 0 Å². The normalized spacial score (nSPS) is 15.1. The molecule has 4 nitrogen and oxygen atoms in total. The van der Waals surface area contributed by atoms with Crippen molar-refractivity contribution in [3.63, 3.8) is 0 Å². The molecule has 1 heterocycles. The molecule has 1 atom stereocenters. The van der Waals surface area contributed by atoms with E-state index in [4.69, 9.17) is 4.74 Å². The van der Waals surface area contributed by atoms with Gasteiger partial charge in [-0.15, -0.1) is 0 Å². The average molecular weight is 377 g/mol. The molecule has 1 fully saturated rings. The predicted molar refractivity (Wildman–Crippen MR) is 112 cm³/mol. The van der Waals surface area contributed by atoms with E-state index in [9.17, 15) is 9.90 Å². The van der Waals surface area contributed by atoms with Crippen LogP contribution >= 0.6 is 0 Å². The zero-order valence-corrected chi connectivity index (χ0v) is 15.2. The van der Waals surface area contributed by atoms with Crippen LogP contribution in [0.3, 0.4) is 0 Å². The largest absolute Gasteiger partial charge is 0.487 e. The van der Waals surface area contributed by atoms with Crippen molar-refractivity contribution >= 4 is 16.9 Å². The minimum absolute atomic E-state index is 0. The number of carbonyl (C=O) groups is 1. The van der Waals surface area contributed by atoms with E-state index in [1.165, 1.54) is 0 Å². The number of aliphatic carboxylic acids is 1. The molecule has 0 amide bonds. The molecule has 0 bridgehead atoms. The Morgan fingerprint density at radius 1 is 1.04 bits per heavy atom. The molecule has 0 spiro atoms. The van der Waals surface area contributed by atoms with E-state index in [2.05, 4.69) is 4.98 Å². The van der Waals surface area contributed by atoms with Crippen molar-refractivity contribution in [3.8, 4) is 5.75 Å². The zero-order valence-electron chi connectivity index (χ0n) is 15.2. The minimum Gasteiger partial charge on any atom is -0.487 e. The number of para-hydroxylation sites is 1. The van der Waals surface area contributed by atoms with Gasteiger partial charge in [0.05, 0.1) is 17.1 Å². The topological polar surface area (TPSA) is 59.4 Å². The number of hydrogen-bond donors (Lipinski definition) is 1. The van der Waals surface area contributed by atoms with Gasteiger partial charge in [0, 0.05) is 5.39 Å². The van der Waals surface area contributed by atoms with Gasteiger partial charge in [-0.2, -0.15) is 0 Å². The van der Waals surface area contributed by atoms with Crippen LogP contribution in [0.25, 0.3) is 10.9 Å². The maximum Gasteiger partial charge on any atom is 0.311 e. The molecular formula is C24H27NO3. The minimum atomic E-state index is -0.726. The van der Waals surface area contributed by atoms with Crippen LogP contribution in [0.15, 0.2) is 60.7 Å². The molecule has 1 unspecified atom stereocenters. The Bertz CT molecular complexity index is 930. The number of carboxylic acids is 1. The van der Waals surface area contributed by atoms with Crippen LogP contribution < -0.4 is 4.74 Å². The van der Waals surface area contributed by atoms with Gasteiger partial charge in [-0.3, -0.25) is 4.79 Å². The van der Waals surface area contributed by atoms with E-state index in [-0.39, 0.29) is 13.3 Å². The van der Waals surface area contributed by atoms with Crippen LogP contribution in [0.4, 0.5) is 0 Å². The average Bonchev–Trinajstić information content (AvgIpc) is 3.21. The Morgan fingerprint density at radius 3 is 2.46 bits per heavy atom. The molecule has 1 aliphatic carbocycles. The number of ether oxygens (including phenoxy) is 1. The Labute approximate surface area is 166 Å². The van der Waals surface area contributed by atoms with Gasteiger partial charge in [-0.05, 0) is 48.6 Å². The van der Waals surface area contributed by atoms with Crippen molar-refractivity contribution in [2.24, 2.45) is 5.92 Å². The summed E-state index contributed by atoms with van der Waals surface area (Å²) in [6.45, 7) is 0.384. The standard InChI is InChI=1S/C23H23NO3.CH4/c25-23(26)22(17-6-1-2-7-17)18-10-13-20(14-11-18)27-15-19-12-9-16-5-3-4-8-21(16)24-19;/h3-5,8-14,17,22H,1-2,6-7,15H2,(H,25,26);1H4. The van der Waals surface area contributed by atoms with E-state index >= 15 is 0 Å². The van der Waals surface area contributed by atoms with E-state index in [1.54, 1.807) is 0 Å². The lowest BCUT2D eigenvalue weighted by Crippen LogP contribution is -2.19.